The Morgan fingerprint density at radius 3 is 2.58 bits per heavy atom. The summed E-state index contributed by atoms with van der Waals surface area (Å²) in [6.45, 7) is 0.704. The van der Waals surface area contributed by atoms with Crippen molar-refractivity contribution in [3.8, 4) is 11.5 Å². The lowest BCUT2D eigenvalue weighted by molar-refractivity contribution is -0.126. The summed E-state index contributed by atoms with van der Waals surface area (Å²) in [5.74, 6) is 0.515. The highest BCUT2D eigenvalue weighted by Gasteiger charge is 2.34. The summed E-state index contributed by atoms with van der Waals surface area (Å²) in [4.78, 5) is 12.7. The van der Waals surface area contributed by atoms with E-state index in [4.69, 9.17) is 32.7 Å². The largest absolute Gasteiger partial charge is 0.493 e. The minimum atomic E-state index is -3.86. The fraction of sp³-hybridized carbons (Fsp3) is 0.381. The summed E-state index contributed by atoms with van der Waals surface area (Å²) in [7, 11) is -0.760. The number of amides is 1. The number of hydrogen-bond donors (Lipinski definition) is 1. The first-order valence-electron chi connectivity index (χ1n) is 9.70. The number of rotatable bonds is 7. The Labute approximate surface area is 192 Å². The Balaban J connectivity index is 1.67. The summed E-state index contributed by atoms with van der Waals surface area (Å²) >= 11 is 12.1. The van der Waals surface area contributed by atoms with E-state index >= 15 is 0 Å². The second-order valence-electron chi connectivity index (χ2n) is 7.18. The van der Waals surface area contributed by atoms with Crippen molar-refractivity contribution >= 4 is 39.1 Å². The summed E-state index contributed by atoms with van der Waals surface area (Å²) in [6, 6.07) is 9.71. The molecule has 2 aromatic carbocycles. The van der Waals surface area contributed by atoms with Crippen molar-refractivity contribution in [1.82, 2.24) is 9.62 Å². The van der Waals surface area contributed by atoms with Crippen molar-refractivity contribution in [1.29, 1.82) is 0 Å². The van der Waals surface area contributed by atoms with Crippen molar-refractivity contribution in [2.45, 2.75) is 24.3 Å². The molecule has 0 spiro atoms. The summed E-state index contributed by atoms with van der Waals surface area (Å²) in [5.41, 5.74) is 0.844. The number of hydrogen-bond acceptors (Lipinski definition) is 5. The SMILES string of the molecule is COc1ccc(CNC(=O)[C@@H]2CCCN(S(=O)(=O)c3cc(Cl)ccc3Cl)C2)cc1OC. The minimum absolute atomic E-state index is 0.0481. The molecule has 0 aromatic heterocycles. The van der Waals surface area contributed by atoms with Crippen LogP contribution in [-0.2, 0) is 21.4 Å². The molecule has 0 radical (unpaired) electrons. The molecule has 1 heterocycles. The monoisotopic (exact) mass is 486 g/mol. The number of carbonyl (C=O) groups is 1. The molecule has 1 aliphatic rings. The molecule has 1 atom stereocenters. The number of sulfonamides is 1. The molecule has 1 fully saturated rings. The number of halogens is 2. The van der Waals surface area contributed by atoms with E-state index in [0.717, 1.165) is 5.56 Å². The molecule has 0 aliphatic carbocycles. The van der Waals surface area contributed by atoms with Crippen molar-refractivity contribution in [3.05, 3.63) is 52.0 Å². The molecule has 10 heteroatoms. The predicted octanol–water partition coefficient (Wildman–Crippen LogP) is 3.73. The van der Waals surface area contributed by atoms with Crippen LogP contribution in [0.3, 0.4) is 0 Å². The Kier molecular flexibility index (Phi) is 7.69. The third kappa shape index (κ3) is 5.44. The van der Waals surface area contributed by atoms with Crippen LogP contribution < -0.4 is 14.8 Å². The Morgan fingerprint density at radius 2 is 1.87 bits per heavy atom. The predicted molar refractivity (Wildman–Crippen MR) is 119 cm³/mol. The van der Waals surface area contributed by atoms with Crippen LogP contribution in [0.2, 0.25) is 10.0 Å². The molecular formula is C21H24Cl2N2O5S. The number of ether oxygens (including phenoxy) is 2. The second-order valence-corrected chi connectivity index (χ2v) is 9.93. The Hall–Kier alpha value is -2.00. The quantitative estimate of drug-likeness (QED) is 0.644. The number of nitrogens with zero attached hydrogens (tertiary/aromatic N) is 1. The Morgan fingerprint density at radius 1 is 1.13 bits per heavy atom. The first kappa shape index (κ1) is 23.7. The van der Waals surface area contributed by atoms with Gasteiger partial charge in [-0.3, -0.25) is 4.79 Å². The number of carbonyl (C=O) groups excluding carboxylic acids is 1. The van der Waals surface area contributed by atoms with Crippen LogP contribution in [-0.4, -0.2) is 45.9 Å². The van der Waals surface area contributed by atoms with Crippen LogP contribution in [0.4, 0.5) is 0 Å². The van der Waals surface area contributed by atoms with E-state index in [9.17, 15) is 13.2 Å². The number of piperidine rings is 1. The van der Waals surface area contributed by atoms with Crippen LogP contribution in [0.25, 0.3) is 0 Å². The smallest absolute Gasteiger partial charge is 0.244 e. The molecule has 1 saturated heterocycles. The van der Waals surface area contributed by atoms with Gasteiger partial charge in [0.25, 0.3) is 0 Å². The summed E-state index contributed by atoms with van der Waals surface area (Å²) < 4.78 is 37.9. The molecule has 0 saturated carbocycles. The topological polar surface area (TPSA) is 84.9 Å². The number of nitrogens with one attached hydrogen (secondary N) is 1. The second kappa shape index (κ2) is 10.1. The van der Waals surface area contributed by atoms with Gasteiger partial charge in [-0.15, -0.1) is 0 Å². The Bertz CT molecular complexity index is 1060. The van der Waals surface area contributed by atoms with Gasteiger partial charge in [-0.25, -0.2) is 8.42 Å². The molecule has 7 nitrogen and oxygen atoms in total. The van der Waals surface area contributed by atoms with E-state index in [-0.39, 0.29) is 27.4 Å². The van der Waals surface area contributed by atoms with Crippen molar-refractivity contribution in [3.63, 3.8) is 0 Å². The van der Waals surface area contributed by atoms with Crippen molar-refractivity contribution < 1.29 is 22.7 Å². The van der Waals surface area contributed by atoms with Crippen LogP contribution in [0.1, 0.15) is 18.4 Å². The molecule has 1 aliphatic heterocycles. The molecule has 168 valence electrons. The fourth-order valence-corrected chi connectivity index (χ4v) is 5.77. The maximum atomic E-state index is 13.1. The van der Waals surface area contributed by atoms with Gasteiger partial charge in [-0.1, -0.05) is 29.3 Å². The summed E-state index contributed by atoms with van der Waals surface area (Å²) in [6.07, 6.45) is 1.18. The number of methoxy groups -OCH3 is 2. The lowest BCUT2D eigenvalue weighted by Gasteiger charge is -2.31. The van der Waals surface area contributed by atoms with E-state index in [1.165, 1.54) is 22.5 Å². The molecule has 0 unspecified atom stereocenters. The van der Waals surface area contributed by atoms with Crippen LogP contribution in [0.15, 0.2) is 41.3 Å². The first-order valence-corrected chi connectivity index (χ1v) is 11.9. The van der Waals surface area contributed by atoms with Gasteiger partial charge in [0, 0.05) is 24.7 Å². The molecule has 0 bridgehead atoms. The highest BCUT2D eigenvalue weighted by molar-refractivity contribution is 7.89. The van der Waals surface area contributed by atoms with E-state index in [0.29, 0.717) is 37.4 Å². The van der Waals surface area contributed by atoms with Gasteiger partial charge in [0.1, 0.15) is 4.90 Å². The zero-order valence-corrected chi connectivity index (χ0v) is 19.6. The molecule has 1 N–H and O–H groups in total. The standard InChI is InChI=1S/C21H24Cl2N2O5S/c1-29-18-8-5-14(10-19(18)30-2)12-24-21(26)15-4-3-9-25(13-15)31(27,28)20-11-16(22)6-7-17(20)23/h5-8,10-11,15H,3-4,9,12-13H2,1-2H3,(H,24,26)/t15-/m1/s1. The van der Waals surface area contributed by atoms with Gasteiger partial charge in [-0.2, -0.15) is 4.31 Å². The molecule has 3 rings (SSSR count). The zero-order valence-electron chi connectivity index (χ0n) is 17.2. The van der Waals surface area contributed by atoms with Gasteiger partial charge in [0.2, 0.25) is 15.9 Å². The average molecular weight is 487 g/mol. The van der Waals surface area contributed by atoms with Gasteiger partial charge in [-0.05, 0) is 48.7 Å². The zero-order chi connectivity index (χ0) is 22.6. The summed E-state index contributed by atoms with van der Waals surface area (Å²) in [5, 5.41) is 3.27. The molecule has 1 amide bonds. The van der Waals surface area contributed by atoms with E-state index < -0.39 is 15.9 Å². The van der Waals surface area contributed by atoms with Crippen molar-refractivity contribution in [2.24, 2.45) is 5.92 Å². The maximum Gasteiger partial charge on any atom is 0.244 e. The normalized spacial score (nSPS) is 17.2. The lowest BCUT2D eigenvalue weighted by Crippen LogP contribution is -2.45. The van der Waals surface area contributed by atoms with E-state index in [1.54, 1.807) is 26.4 Å². The maximum absolute atomic E-state index is 13.1. The molecular weight excluding hydrogens is 463 g/mol. The van der Waals surface area contributed by atoms with Crippen LogP contribution in [0, 0.1) is 5.92 Å². The highest BCUT2D eigenvalue weighted by atomic mass is 35.5. The third-order valence-corrected chi connectivity index (χ3v) is 7.76. The van der Waals surface area contributed by atoms with Crippen LogP contribution >= 0.6 is 23.2 Å². The number of benzene rings is 2. The van der Waals surface area contributed by atoms with Crippen LogP contribution in [0.5, 0.6) is 11.5 Å². The lowest BCUT2D eigenvalue weighted by atomic mass is 9.98. The average Bonchev–Trinajstić information content (AvgIpc) is 2.78. The first-order chi connectivity index (χ1) is 14.8. The highest BCUT2D eigenvalue weighted by Crippen LogP contribution is 2.31. The molecule has 2 aromatic rings. The van der Waals surface area contributed by atoms with Gasteiger partial charge in [0.05, 0.1) is 25.2 Å². The van der Waals surface area contributed by atoms with E-state index in [1.807, 2.05) is 6.07 Å². The van der Waals surface area contributed by atoms with Gasteiger partial charge < -0.3 is 14.8 Å². The third-order valence-electron chi connectivity index (χ3n) is 5.18. The fourth-order valence-electron chi connectivity index (χ4n) is 3.51. The van der Waals surface area contributed by atoms with Gasteiger partial charge in [0.15, 0.2) is 11.5 Å². The molecule has 31 heavy (non-hydrogen) atoms. The van der Waals surface area contributed by atoms with Crippen molar-refractivity contribution in [2.75, 3.05) is 27.3 Å². The van der Waals surface area contributed by atoms with E-state index in [2.05, 4.69) is 5.32 Å². The van der Waals surface area contributed by atoms with Gasteiger partial charge >= 0.3 is 0 Å². The minimum Gasteiger partial charge on any atom is -0.493 e.